The van der Waals surface area contributed by atoms with E-state index in [4.69, 9.17) is 0 Å². The third-order valence-electron chi connectivity index (χ3n) is 3.22. The summed E-state index contributed by atoms with van der Waals surface area (Å²) < 4.78 is 28.7. The molecule has 122 valence electrons. The summed E-state index contributed by atoms with van der Waals surface area (Å²) in [5.74, 6) is 0.575. The van der Waals surface area contributed by atoms with Crippen molar-refractivity contribution in [3.63, 3.8) is 0 Å². The van der Waals surface area contributed by atoms with Crippen LogP contribution in [0.5, 0.6) is 0 Å². The second-order valence-electron chi connectivity index (χ2n) is 4.86. The Bertz CT molecular complexity index is 805. The lowest BCUT2D eigenvalue weighted by Crippen LogP contribution is -2.27. The fourth-order valence-electron chi connectivity index (χ4n) is 2.09. The zero-order valence-corrected chi connectivity index (χ0v) is 13.7. The fraction of sp³-hybridized carbons (Fsp3) is 0.308. The highest BCUT2D eigenvalue weighted by Gasteiger charge is 2.19. The minimum Gasteiger partial charge on any atom is -0.325 e. The van der Waals surface area contributed by atoms with Crippen LogP contribution in [0.15, 0.2) is 40.6 Å². The Morgan fingerprint density at radius 3 is 3.04 bits per heavy atom. The van der Waals surface area contributed by atoms with Gasteiger partial charge in [-0.15, -0.1) is 11.8 Å². The number of sulfonamides is 1. The summed E-state index contributed by atoms with van der Waals surface area (Å²) in [5, 5.41) is 6.64. The summed E-state index contributed by atoms with van der Waals surface area (Å²) in [6.45, 7) is 0.584. The molecule has 1 amide bonds. The van der Waals surface area contributed by atoms with Crippen LogP contribution in [-0.2, 0) is 21.4 Å². The third kappa shape index (κ3) is 3.89. The number of hydrogen-bond donors (Lipinski definition) is 2. The monoisotopic (exact) mass is 353 g/mol. The molecular formula is C13H15N5O3S2. The molecule has 0 aliphatic carbocycles. The number of carbonyl (C=O) groups is 1. The van der Waals surface area contributed by atoms with Crippen molar-refractivity contribution in [3.8, 4) is 0 Å². The highest BCUT2D eigenvalue weighted by atomic mass is 32.2. The first-order valence-corrected chi connectivity index (χ1v) is 9.40. The number of aromatic nitrogens is 3. The maximum absolute atomic E-state index is 12.3. The van der Waals surface area contributed by atoms with Crippen molar-refractivity contribution in [2.24, 2.45) is 0 Å². The van der Waals surface area contributed by atoms with Gasteiger partial charge in [0.1, 0.15) is 12.7 Å². The molecule has 0 bridgehead atoms. The van der Waals surface area contributed by atoms with Gasteiger partial charge in [-0.25, -0.2) is 18.1 Å². The van der Waals surface area contributed by atoms with Gasteiger partial charge < -0.3 is 5.32 Å². The first-order valence-electron chi connectivity index (χ1n) is 6.93. The highest BCUT2D eigenvalue weighted by molar-refractivity contribution is 7.99. The van der Waals surface area contributed by atoms with E-state index >= 15 is 0 Å². The number of hydrogen-bond acceptors (Lipinski definition) is 6. The molecule has 1 aromatic heterocycles. The number of nitrogens with zero attached hydrogens (tertiary/aromatic N) is 3. The largest absolute Gasteiger partial charge is 0.325 e. The van der Waals surface area contributed by atoms with Crippen LogP contribution in [0.3, 0.4) is 0 Å². The van der Waals surface area contributed by atoms with Crippen LogP contribution in [0, 0.1) is 0 Å². The minimum absolute atomic E-state index is 0.107. The average molecular weight is 353 g/mol. The van der Waals surface area contributed by atoms with E-state index in [1.807, 2.05) is 0 Å². The number of thioether (sulfide) groups is 1. The van der Waals surface area contributed by atoms with Crippen molar-refractivity contribution in [1.29, 1.82) is 0 Å². The van der Waals surface area contributed by atoms with Crippen LogP contribution in [-0.4, -0.2) is 41.4 Å². The SMILES string of the molecule is O=C1CCSc2ccc(S(=O)(=O)NCCn3cncn3)cc2N1. The zero-order chi connectivity index (χ0) is 16.3. The molecule has 1 aromatic carbocycles. The summed E-state index contributed by atoms with van der Waals surface area (Å²) in [6, 6.07) is 4.75. The maximum atomic E-state index is 12.3. The number of rotatable bonds is 5. The van der Waals surface area contributed by atoms with E-state index in [9.17, 15) is 13.2 Å². The Labute approximate surface area is 137 Å². The van der Waals surface area contributed by atoms with Crippen molar-refractivity contribution >= 4 is 33.4 Å². The van der Waals surface area contributed by atoms with Crippen molar-refractivity contribution < 1.29 is 13.2 Å². The molecule has 0 spiro atoms. The predicted molar refractivity (Wildman–Crippen MR) is 85.6 cm³/mol. The molecule has 0 saturated heterocycles. The standard InChI is InChI=1S/C13H15N5O3S2/c19-13-3-6-22-12-2-1-10(7-11(12)17-13)23(20,21)16-4-5-18-9-14-8-15-18/h1-2,7-9,16H,3-6H2,(H,17,19). The third-order valence-corrected chi connectivity index (χ3v) is 5.76. The molecule has 1 aliphatic heterocycles. The van der Waals surface area contributed by atoms with Gasteiger partial charge in [-0.05, 0) is 18.2 Å². The van der Waals surface area contributed by atoms with Gasteiger partial charge in [0.15, 0.2) is 0 Å². The Morgan fingerprint density at radius 1 is 1.39 bits per heavy atom. The summed E-state index contributed by atoms with van der Waals surface area (Å²) in [4.78, 5) is 16.4. The highest BCUT2D eigenvalue weighted by Crippen LogP contribution is 2.32. The van der Waals surface area contributed by atoms with Gasteiger partial charge in [0, 0.05) is 23.6 Å². The van der Waals surface area contributed by atoms with Crippen LogP contribution in [0.25, 0.3) is 0 Å². The molecule has 10 heteroatoms. The van der Waals surface area contributed by atoms with E-state index in [-0.39, 0.29) is 17.3 Å². The van der Waals surface area contributed by atoms with Crippen molar-refractivity contribution in [1.82, 2.24) is 19.5 Å². The zero-order valence-electron chi connectivity index (χ0n) is 12.1. The lowest BCUT2D eigenvalue weighted by Gasteiger charge is -2.10. The molecule has 3 rings (SSSR count). The van der Waals surface area contributed by atoms with Crippen molar-refractivity contribution in [2.45, 2.75) is 22.8 Å². The summed E-state index contributed by atoms with van der Waals surface area (Å²) in [6.07, 6.45) is 3.32. The van der Waals surface area contributed by atoms with E-state index in [0.717, 1.165) is 4.90 Å². The number of benzene rings is 1. The van der Waals surface area contributed by atoms with E-state index in [1.54, 1.807) is 12.1 Å². The van der Waals surface area contributed by atoms with Crippen molar-refractivity contribution in [2.75, 3.05) is 17.6 Å². The molecule has 0 atom stereocenters. The van der Waals surface area contributed by atoms with Gasteiger partial charge in [-0.3, -0.25) is 9.48 Å². The van der Waals surface area contributed by atoms with E-state index in [0.29, 0.717) is 24.4 Å². The Kier molecular flexibility index (Phi) is 4.64. The normalized spacial score (nSPS) is 14.9. The summed E-state index contributed by atoms with van der Waals surface area (Å²) >= 11 is 1.53. The average Bonchev–Trinajstić information content (AvgIpc) is 2.94. The predicted octanol–water partition coefficient (Wildman–Crippen LogP) is 0.691. The van der Waals surface area contributed by atoms with Crippen molar-refractivity contribution in [3.05, 3.63) is 30.9 Å². The Morgan fingerprint density at radius 2 is 2.26 bits per heavy atom. The lowest BCUT2D eigenvalue weighted by atomic mass is 10.3. The van der Waals surface area contributed by atoms with Crippen LogP contribution >= 0.6 is 11.8 Å². The molecule has 2 heterocycles. The number of fused-ring (bicyclic) bond motifs is 1. The Hall–Kier alpha value is -1.91. The van der Waals surface area contributed by atoms with Gasteiger partial charge in [0.2, 0.25) is 15.9 Å². The molecule has 23 heavy (non-hydrogen) atoms. The molecule has 8 nitrogen and oxygen atoms in total. The second kappa shape index (κ2) is 6.69. The van der Waals surface area contributed by atoms with Crippen LogP contribution in [0.1, 0.15) is 6.42 Å². The maximum Gasteiger partial charge on any atom is 0.240 e. The molecule has 1 aliphatic rings. The van der Waals surface area contributed by atoms with Gasteiger partial charge >= 0.3 is 0 Å². The van der Waals surface area contributed by atoms with Crippen LogP contribution in [0.4, 0.5) is 5.69 Å². The van der Waals surface area contributed by atoms with Crippen LogP contribution < -0.4 is 10.0 Å². The van der Waals surface area contributed by atoms with E-state index in [1.165, 1.54) is 35.2 Å². The van der Waals surface area contributed by atoms with E-state index in [2.05, 4.69) is 20.1 Å². The first kappa shape index (κ1) is 16.0. The smallest absolute Gasteiger partial charge is 0.240 e. The van der Waals surface area contributed by atoms with Gasteiger partial charge in [-0.1, -0.05) is 0 Å². The lowest BCUT2D eigenvalue weighted by molar-refractivity contribution is -0.115. The summed E-state index contributed by atoms with van der Waals surface area (Å²) in [5.41, 5.74) is 0.539. The topological polar surface area (TPSA) is 106 Å². The summed E-state index contributed by atoms with van der Waals surface area (Å²) in [7, 11) is -3.65. The van der Waals surface area contributed by atoms with Gasteiger partial charge in [0.25, 0.3) is 0 Å². The molecule has 0 unspecified atom stereocenters. The first-order chi connectivity index (χ1) is 11.0. The second-order valence-corrected chi connectivity index (χ2v) is 7.76. The van der Waals surface area contributed by atoms with Gasteiger partial charge in [-0.2, -0.15) is 5.10 Å². The molecule has 0 radical (unpaired) electrons. The molecule has 2 N–H and O–H groups in total. The number of nitrogens with one attached hydrogen (secondary N) is 2. The quantitative estimate of drug-likeness (QED) is 0.819. The molecule has 0 fully saturated rings. The number of amides is 1. The minimum atomic E-state index is -3.65. The van der Waals surface area contributed by atoms with E-state index < -0.39 is 10.0 Å². The van der Waals surface area contributed by atoms with Crippen LogP contribution in [0.2, 0.25) is 0 Å². The molecular weight excluding hydrogens is 338 g/mol. The molecule has 2 aromatic rings. The number of anilines is 1. The van der Waals surface area contributed by atoms with Gasteiger partial charge in [0.05, 0.1) is 17.1 Å². The number of carbonyl (C=O) groups excluding carboxylic acids is 1. The molecule has 0 saturated carbocycles. The Balaban J connectivity index is 1.73. The fourth-order valence-corrected chi connectivity index (χ4v) is 4.08.